The molecule has 4 heteroatoms. The normalized spacial score (nSPS) is 12.9. The van der Waals surface area contributed by atoms with Crippen LogP contribution in [0.25, 0.3) is 27.6 Å². The Labute approximate surface area is 162 Å². The molecular formula is C24H18N4. The number of aromatic nitrogens is 3. The minimum absolute atomic E-state index is 0.747. The molecule has 2 aromatic heterocycles. The van der Waals surface area contributed by atoms with Crippen LogP contribution in [-0.4, -0.2) is 19.8 Å². The highest BCUT2D eigenvalue weighted by atomic mass is 15.2. The monoisotopic (exact) mass is 362 g/mol. The van der Waals surface area contributed by atoms with Crippen molar-refractivity contribution in [1.82, 2.24) is 14.1 Å². The van der Waals surface area contributed by atoms with Crippen LogP contribution in [0.3, 0.4) is 0 Å². The molecule has 6 rings (SSSR count). The minimum Gasteiger partial charge on any atom is -0.318 e. The van der Waals surface area contributed by atoms with Crippen molar-refractivity contribution in [3.8, 4) is 5.82 Å². The molecule has 0 amide bonds. The Morgan fingerprint density at radius 2 is 1.61 bits per heavy atom. The molecule has 0 aliphatic carbocycles. The summed E-state index contributed by atoms with van der Waals surface area (Å²) in [5.74, 6) is 1.75. The second kappa shape index (κ2) is 5.42. The predicted octanol–water partition coefficient (Wildman–Crippen LogP) is 5.31. The zero-order chi connectivity index (χ0) is 18.8. The van der Waals surface area contributed by atoms with Gasteiger partial charge in [-0.1, -0.05) is 66.2 Å². The largest absolute Gasteiger partial charge is 0.318 e. The fourth-order valence-corrected chi connectivity index (χ4v) is 4.28. The molecule has 5 aromatic rings. The molecule has 0 bridgehead atoms. The maximum Gasteiger partial charge on any atom is 0.196 e. The summed E-state index contributed by atoms with van der Waals surface area (Å²) in [5.41, 5.74) is 6.81. The second-order valence-electron chi connectivity index (χ2n) is 7.38. The van der Waals surface area contributed by atoms with Crippen molar-refractivity contribution in [3.63, 3.8) is 0 Å². The van der Waals surface area contributed by atoms with E-state index in [4.69, 9.17) is 4.99 Å². The van der Waals surface area contributed by atoms with Gasteiger partial charge in [0.15, 0.2) is 11.6 Å². The van der Waals surface area contributed by atoms with Gasteiger partial charge in [-0.2, -0.15) is 0 Å². The van der Waals surface area contributed by atoms with Gasteiger partial charge in [0.25, 0.3) is 0 Å². The van der Waals surface area contributed by atoms with Gasteiger partial charge in [0.2, 0.25) is 0 Å². The lowest BCUT2D eigenvalue weighted by Crippen LogP contribution is -2.05. The van der Waals surface area contributed by atoms with E-state index in [0.29, 0.717) is 0 Å². The summed E-state index contributed by atoms with van der Waals surface area (Å²) in [5, 5.41) is 2.48. The molecule has 4 nitrogen and oxygen atoms in total. The fraction of sp³-hybridized carbons (Fsp3) is 0.0833. The number of imidazole rings is 1. The third kappa shape index (κ3) is 1.94. The van der Waals surface area contributed by atoms with Crippen LogP contribution in [0.5, 0.6) is 0 Å². The zero-order valence-electron chi connectivity index (χ0n) is 15.7. The van der Waals surface area contributed by atoms with Gasteiger partial charge in [-0.15, -0.1) is 0 Å². The molecule has 0 N–H and O–H groups in total. The van der Waals surface area contributed by atoms with Crippen molar-refractivity contribution in [2.45, 2.75) is 6.92 Å². The molecule has 0 radical (unpaired) electrons. The third-order valence-corrected chi connectivity index (χ3v) is 5.59. The number of para-hydroxylation sites is 2. The molecule has 0 fully saturated rings. The first-order valence-corrected chi connectivity index (χ1v) is 9.42. The maximum atomic E-state index is 5.04. The van der Waals surface area contributed by atoms with Crippen LogP contribution in [-0.2, 0) is 7.05 Å². The summed E-state index contributed by atoms with van der Waals surface area (Å²) >= 11 is 0. The van der Waals surface area contributed by atoms with Gasteiger partial charge >= 0.3 is 0 Å². The first-order valence-electron chi connectivity index (χ1n) is 9.42. The van der Waals surface area contributed by atoms with E-state index in [9.17, 15) is 0 Å². The van der Waals surface area contributed by atoms with Gasteiger partial charge in [-0.05, 0) is 13.0 Å². The molecular weight excluding hydrogens is 344 g/mol. The van der Waals surface area contributed by atoms with Gasteiger partial charge in [-0.25, -0.2) is 9.98 Å². The van der Waals surface area contributed by atoms with E-state index in [1.807, 2.05) is 13.4 Å². The molecule has 1 aliphatic heterocycles. The van der Waals surface area contributed by atoms with Gasteiger partial charge < -0.3 is 4.57 Å². The number of aryl methyl sites for hydroxylation is 2. The molecule has 0 unspecified atom stereocenters. The Kier molecular flexibility index (Phi) is 2.98. The predicted molar refractivity (Wildman–Crippen MR) is 114 cm³/mol. The number of nitrogens with zero attached hydrogens (tertiary/aromatic N) is 4. The molecule has 134 valence electrons. The fourth-order valence-electron chi connectivity index (χ4n) is 4.28. The lowest BCUT2D eigenvalue weighted by atomic mass is 9.99. The summed E-state index contributed by atoms with van der Waals surface area (Å²) in [6, 6.07) is 23.6. The molecule has 1 aliphatic rings. The molecule has 3 heterocycles. The average molecular weight is 362 g/mol. The van der Waals surface area contributed by atoms with Gasteiger partial charge in [0, 0.05) is 28.9 Å². The Morgan fingerprint density at radius 1 is 0.821 bits per heavy atom. The highest BCUT2D eigenvalue weighted by molar-refractivity contribution is 6.24. The third-order valence-electron chi connectivity index (χ3n) is 5.59. The number of rotatable bonds is 1. The van der Waals surface area contributed by atoms with Crippen molar-refractivity contribution >= 4 is 33.3 Å². The van der Waals surface area contributed by atoms with Gasteiger partial charge in [0.05, 0.1) is 23.1 Å². The molecule has 0 spiro atoms. The minimum atomic E-state index is 0.747. The average Bonchev–Trinajstić information content (AvgIpc) is 3.19. The molecule has 0 saturated carbocycles. The first kappa shape index (κ1) is 15.4. The Bertz CT molecular complexity index is 1410. The van der Waals surface area contributed by atoms with Crippen LogP contribution < -0.4 is 0 Å². The topological polar surface area (TPSA) is 35.1 Å². The van der Waals surface area contributed by atoms with Crippen LogP contribution in [0.1, 0.15) is 16.7 Å². The van der Waals surface area contributed by atoms with E-state index in [2.05, 4.69) is 87.8 Å². The number of hydrogen-bond acceptors (Lipinski definition) is 2. The maximum absolute atomic E-state index is 5.04. The van der Waals surface area contributed by atoms with Crippen LogP contribution in [0.15, 0.2) is 78.0 Å². The van der Waals surface area contributed by atoms with Crippen LogP contribution in [0.2, 0.25) is 0 Å². The van der Waals surface area contributed by atoms with Crippen LogP contribution in [0.4, 0.5) is 5.82 Å². The Morgan fingerprint density at radius 3 is 2.46 bits per heavy atom. The first-order chi connectivity index (χ1) is 13.7. The molecule has 0 atom stereocenters. The van der Waals surface area contributed by atoms with E-state index < -0.39 is 0 Å². The van der Waals surface area contributed by atoms with E-state index >= 15 is 0 Å². The Balaban J connectivity index is 1.84. The van der Waals surface area contributed by atoms with Gasteiger partial charge in [-0.3, -0.25) is 4.57 Å². The standard InChI is InChI=1S/C24H18N4/c1-15-10-12-16(13-11-15)21-19-8-5-7-18-17-6-3-4-9-20(17)28(22(18)19)24-23(26-21)25-14-27(24)2/h3-14H,1-2H3. The summed E-state index contributed by atoms with van der Waals surface area (Å²) in [6.07, 6.45) is 1.84. The highest BCUT2D eigenvalue weighted by Crippen LogP contribution is 2.39. The SMILES string of the molecule is Cc1ccc(C2=Nc3ncn(C)c3-n3c4ccccc4c4cccc2c43)cc1. The molecule has 0 saturated heterocycles. The Hall–Kier alpha value is -3.66. The smallest absolute Gasteiger partial charge is 0.196 e. The number of hydrogen-bond donors (Lipinski definition) is 0. The van der Waals surface area contributed by atoms with E-state index in [1.54, 1.807) is 0 Å². The van der Waals surface area contributed by atoms with Crippen molar-refractivity contribution < 1.29 is 0 Å². The zero-order valence-corrected chi connectivity index (χ0v) is 15.7. The summed E-state index contributed by atoms with van der Waals surface area (Å²) in [7, 11) is 2.03. The molecule has 3 aromatic carbocycles. The highest BCUT2D eigenvalue weighted by Gasteiger charge is 2.25. The summed E-state index contributed by atoms with van der Waals surface area (Å²) in [4.78, 5) is 9.66. The van der Waals surface area contributed by atoms with Crippen molar-refractivity contribution in [1.29, 1.82) is 0 Å². The summed E-state index contributed by atoms with van der Waals surface area (Å²) in [6.45, 7) is 2.11. The van der Waals surface area contributed by atoms with E-state index in [-0.39, 0.29) is 0 Å². The second-order valence-corrected chi connectivity index (χ2v) is 7.38. The quantitative estimate of drug-likeness (QED) is 0.390. The lowest BCUT2D eigenvalue weighted by molar-refractivity contribution is 0.864. The van der Waals surface area contributed by atoms with Crippen LogP contribution in [0, 0.1) is 6.92 Å². The number of benzene rings is 3. The van der Waals surface area contributed by atoms with Crippen molar-refractivity contribution in [2.24, 2.45) is 12.0 Å². The van der Waals surface area contributed by atoms with Crippen molar-refractivity contribution in [3.05, 3.63) is 89.7 Å². The van der Waals surface area contributed by atoms with E-state index in [1.165, 1.54) is 27.4 Å². The lowest BCUT2D eigenvalue weighted by Gasteiger charge is -2.10. The van der Waals surface area contributed by atoms with Crippen molar-refractivity contribution in [2.75, 3.05) is 0 Å². The molecule has 28 heavy (non-hydrogen) atoms. The van der Waals surface area contributed by atoms with E-state index in [0.717, 1.165) is 28.5 Å². The van der Waals surface area contributed by atoms with Gasteiger partial charge in [0.1, 0.15) is 0 Å². The summed E-state index contributed by atoms with van der Waals surface area (Å²) < 4.78 is 4.37. The van der Waals surface area contributed by atoms with Crippen LogP contribution >= 0.6 is 0 Å². The number of fused-ring (bicyclic) bond motifs is 5. The number of aliphatic imine (C=N–C) groups is 1.